The van der Waals surface area contributed by atoms with Gasteiger partial charge in [0.2, 0.25) is 0 Å². The smallest absolute Gasteiger partial charge is 0.124 e. The Balaban J connectivity index is 2.03. The van der Waals surface area contributed by atoms with Crippen LogP contribution in [0.15, 0.2) is 47.4 Å². The van der Waals surface area contributed by atoms with Gasteiger partial charge in [0, 0.05) is 17.2 Å². The van der Waals surface area contributed by atoms with Crippen molar-refractivity contribution in [3.05, 3.63) is 65.0 Å². The lowest BCUT2D eigenvalue weighted by atomic mass is 10.1. The molecule has 0 aliphatic carbocycles. The van der Waals surface area contributed by atoms with Crippen molar-refractivity contribution in [3.8, 4) is 6.07 Å². The first-order valence-electron chi connectivity index (χ1n) is 6.83. The lowest BCUT2D eigenvalue weighted by Gasteiger charge is -2.06. The molecule has 0 aromatic heterocycles. The highest BCUT2D eigenvalue weighted by molar-refractivity contribution is 7.98. The molecule has 1 N–H and O–H groups in total. The van der Waals surface area contributed by atoms with Crippen LogP contribution in [-0.4, -0.2) is 6.54 Å². The van der Waals surface area contributed by atoms with Crippen molar-refractivity contribution in [1.82, 2.24) is 5.32 Å². The number of nitrogens with zero attached hydrogens (tertiary/aromatic N) is 1. The molecule has 0 heterocycles. The highest BCUT2D eigenvalue weighted by atomic mass is 32.2. The average molecular weight is 300 g/mol. The molecule has 0 bridgehead atoms. The lowest BCUT2D eigenvalue weighted by molar-refractivity contribution is 0.626. The van der Waals surface area contributed by atoms with Crippen LogP contribution in [0.2, 0.25) is 0 Å². The molecule has 2 nitrogen and oxygen atoms in total. The Kier molecular flexibility index (Phi) is 5.79. The maximum absolute atomic E-state index is 13.4. The van der Waals surface area contributed by atoms with E-state index in [9.17, 15) is 4.39 Å². The Labute approximate surface area is 129 Å². The van der Waals surface area contributed by atoms with Gasteiger partial charge < -0.3 is 5.32 Å². The predicted octanol–water partition coefficient (Wildman–Crippen LogP) is 4.10. The molecule has 2 rings (SSSR count). The van der Waals surface area contributed by atoms with Crippen molar-refractivity contribution in [1.29, 1.82) is 5.26 Å². The third-order valence-corrected chi connectivity index (χ3v) is 4.03. The van der Waals surface area contributed by atoms with Crippen molar-refractivity contribution in [2.75, 3.05) is 6.54 Å². The average Bonchev–Trinajstić information content (AvgIpc) is 2.51. The van der Waals surface area contributed by atoms with E-state index in [1.807, 2.05) is 18.2 Å². The van der Waals surface area contributed by atoms with E-state index in [0.29, 0.717) is 11.3 Å². The Morgan fingerprint density at radius 2 is 2.05 bits per heavy atom. The topological polar surface area (TPSA) is 35.8 Å². The fourth-order valence-corrected chi connectivity index (χ4v) is 2.89. The summed E-state index contributed by atoms with van der Waals surface area (Å²) >= 11 is 1.65. The largest absolute Gasteiger partial charge is 0.313 e. The molecule has 0 aliphatic heterocycles. The summed E-state index contributed by atoms with van der Waals surface area (Å²) in [6.07, 6.45) is 0. The van der Waals surface area contributed by atoms with Crippen molar-refractivity contribution < 1.29 is 4.39 Å². The molecule has 0 fully saturated rings. The summed E-state index contributed by atoms with van der Waals surface area (Å²) < 4.78 is 13.4. The minimum absolute atomic E-state index is 0.356. The number of halogens is 1. The second-order valence-electron chi connectivity index (χ2n) is 4.68. The minimum Gasteiger partial charge on any atom is -0.313 e. The highest BCUT2D eigenvalue weighted by Gasteiger charge is 2.02. The summed E-state index contributed by atoms with van der Waals surface area (Å²) in [5.74, 6) is 0.294. The van der Waals surface area contributed by atoms with E-state index in [0.717, 1.165) is 23.5 Å². The summed E-state index contributed by atoms with van der Waals surface area (Å²) in [5, 5.41) is 12.2. The molecule has 0 spiro atoms. The maximum Gasteiger partial charge on any atom is 0.124 e. The number of nitriles is 1. The number of benzene rings is 2. The fraction of sp³-hybridized carbons (Fsp3) is 0.235. The molecule has 2 aromatic carbocycles. The zero-order valence-corrected chi connectivity index (χ0v) is 12.7. The molecule has 0 amide bonds. The standard InChI is InChI=1S/C17H17FN2S/c1-2-20-11-13-4-3-5-17(9-13)21-12-15-6-14(10-19)7-16(18)8-15/h3-9,20H,2,11-12H2,1H3. The summed E-state index contributed by atoms with van der Waals surface area (Å²) in [7, 11) is 0. The van der Waals surface area contributed by atoms with Crippen LogP contribution in [0.4, 0.5) is 4.39 Å². The van der Waals surface area contributed by atoms with Crippen molar-refractivity contribution in [2.45, 2.75) is 24.1 Å². The van der Waals surface area contributed by atoms with Crippen molar-refractivity contribution in [3.63, 3.8) is 0 Å². The van der Waals surface area contributed by atoms with Crippen LogP contribution in [0.1, 0.15) is 23.6 Å². The number of hydrogen-bond donors (Lipinski definition) is 1. The quantitative estimate of drug-likeness (QED) is 0.816. The first-order chi connectivity index (χ1) is 10.2. The van der Waals surface area contributed by atoms with Crippen LogP contribution >= 0.6 is 11.8 Å². The van der Waals surface area contributed by atoms with Gasteiger partial charge >= 0.3 is 0 Å². The summed E-state index contributed by atoms with van der Waals surface area (Å²) in [6, 6.07) is 14.8. The van der Waals surface area contributed by atoms with Gasteiger partial charge in [-0.05, 0) is 48.0 Å². The number of thioether (sulfide) groups is 1. The molecule has 0 unspecified atom stereocenters. The first-order valence-corrected chi connectivity index (χ1v) is 7.82. The van der Waals surface area contributed by atoms with E-state index in [2.05, 4.69) is 24.4 Å². The zero-order valence-electron chi connectivity index (χ0n) is 11.9. The molecule has 108 valence electrons. The number of hydrogen-bond acceptors (Lipinski definition) is 3. The monoisotopic (exact) mass is 300 g/mol. The zero-order chi connectivity index (χ0) is 15.1. The van der Waals surface area contributed by atoms with Gasteiger partial charge in [0.25, 0.3) is 0 Å². The van der Waals surface area contributed by atoms with Crippen LogP contribution < -0.4 is 5.32 Å². The third-order valence-electron chi connectivity index (χ3n) is 2.97. The number of nitrogens with one attached hydrogen (secondary N) is 1. The van der Waals surface area contributed by atoms with E-state index in [4.69, 9.17) is 5.26 Å². The molecule has 0 atom stereocenters. The molecule has 0 saturated heterocycles. The molecule has 0 saturated carbocycles. The molecule has 0 aliphatic rings. The Morgan fingerprint density at radius 3 is 2.81 bits per heavy atom. The van der Waals surface area contributed by atoms with Crippen LogP contribution in [0.25, 0.3) is 0 Å². The lowest BCUT2D eigenvalue weighted by Crippen LogP contribution is -2.11. The maximum atomic E-state index is 13.4. The summed E-state index contributed by atoms with van der Waals surface area (Å²) in [4.78, 5) is 1.15. The Hall–Kier alpha value is -1.83. The van der Waals surface area contributed by atoms with Crippen LogP contribution in [0.5, 0.6) is 0 Å². The van der Waals surface area contributed by atoms with Gasteiger partial charge in [-0.2, -0.15) is 5.26 Å². The summed E-state index contributed by atoms with van der Waals surface area (Å²) in [6.45, 7) is 3.87. The third kappa shape index (κ3) is 4.89. The van der Waals surface area contributed by atoms with Crippen LogP contribution in [0.3, 0.4) is 0 Å². The molecule has 21 heavy (non-hydrogen) atoms. The van der Waals surface area contributed by atoms with Crippen molar-refractivity contribution >= 4 is 11.8 Å². The van der Waals surface area contributed by atoms with Crippen LogP contribution in [0, 0.1) is 17.1 Å². The van der Waals surface area contributed by atoms with E-state index >= 15 is 0 Å². The normalized spacial score (nSPS) is 10.3. The second-order valence-corrected chi connectivity index (χ2v) is 5.73. The van der Waals surface area contributed by atoms with Gasteiger partial charge in [-0.15, -0.1) is 11.8 Å². The molecular formula is C17H17FN2S. The first kappa shape index (κ1) is 15.6. The SMILES string of the molecule is CCNCc1cccc(SCc2cc(F)cc(C#N)c2)c1. The molecule has 0 radical (unpaired) electrons. The molecule has 2 aromatic rings. The van der Waals surface area contributed by atoms with Gasteiger partial charge in [0.15, 0.2) is 0 Å². The van der Waals surface area contributed by atoms with Gasteiger partial charge in [0.1, 0.15) is 5.82 Å². The van der Waals surface area contributed by atoms with E-state index in [1.165, 1.54) is 17.7 Å². The van der Waals surface area contributed by atoms with Gasteiger partial charge in [-0.3, -0.25) is 0 Å². The van der Waals surface area contributed by atoms with Gasteiger partial charge in [-0.25, -0.2) is 4.39 Å². The van der Waals surface area contributed by atoms with Crippen molar-refractivity contribution in [2.24, 2.45) is 0 Å². The van der Waals surface area contributed by atoms with Crippen LogP contribution in [-0.2, 0) is 12.3 Å². The predicted molar refractivity (Wildman–Crippen MR) is 84.5 cm³/mol. The molecule has 4 heteroatoms. The van der Waals surface area contributed by atoms with E-state index in [-0.39, 0.29) is 5.82 Å². The summed E-state index contributed by atoms with van der Waals surface area (Å²) in [5.41, 5.74) is 2.43. The minimum atomic E-state index is -0.356. The Bertz CT molecular complexity index is 649. The van der Waals surface area contributed by atoms with E-state index < -0.39 is 0 Å². The van der Waals surface area contributed by atoms with E-state index in [1.54, 1.807) is 17.8 Å². The molecular weight excluding hydrogens is 283 g/mol. The highest BCUT2D eigenvalue weighted by Crippen LogP contribution is 2.24. The Morgan fingerprint density at radius 1 is 1.19 bits per heavy atom. The number of rotatable bonds is 6. The second kappa shape index (κ2) is 7.82. The van der Waals surface area contributed by atoms with Gasteiger partial charge in [-0.1, -0.05) is 19.1 Å². The fourth-order valence-electron chi connectivity index (χ4n) is 1.98. The van der Waals surface area contributed by atoms with Gasteiger partial charge in [0.05, 0.1) is 11.6 Å².